The zero-order valence-corrected chi connectivity index (χ0v) is 48.4. The number of aromatic nitrogens is 3. The molecule has 0 saturated heterocycles. The van der Waals surface area contributed by atoms with Crippen molar-refractivity contribution in [3.63, 3.8) is 0 Å². The first-order valence-corrected chi connectivity index (χ1v) is 29.8. The third kappa shape index (κ3) is 7.63. The first kappa shape index (κ1) is 51.4. The molecule has 12 aromatic carbocycles. The molecule has 3 aromatic heterocycles. The van der Waals surface area contributed by atoms with Gasteiger partial charge in [-0.05, 0) is 152 Å². The van der Waals surface area contributed by atoms with Gasteiger partial charge in [-0.15, -0.1) is 0 Å². The van der Waals surface area contributed by atoms with Gasteiger partial charge in [-0.3, -0.25) is 0 Å². The molecule has 0 saturated carbocycles. The van der Waals surface area contributed by atoms with Gasteiger partial charge in [0.15, 0.2) is 0 Å². The van der Waals surface area contributed by atoms with Crippen LogP contribution in [0.3, 0.4) is 0 Å². The van der Waals surface area contributed by atoms with Crippen LogP contribution in [0.25, 0.3) is 116 Å². The average molecular weight is 1150 g/mol. The van der Waals surface area contributed by atoms with E-state index < -0.39 is 0 Å². The number of hydrogen-bond acceptors (Lipinski definition) is 0. The molecule has 15 aromatic rings. The van der Waals surface area contributed by atoms with Gasteiger partial charge in [-0.2, -0.15) is 0 Å². The second kappa shape index (κ2) is 19.6. The summed E-state index contributed by atoms with van der Waals surface area (Å²) in [7, 11) is 0. The van der Waals surface area contributed by atoms with Crippen molar-refractivity contribution < 1.29 is 0 Å². The van der Waals surface area contributed by atoms with Crippen LogP contribution in [0.4, 0.5) is 0 Å². The number of benzene rings is 12. The molecule has 0 amide bonds. The molecule has 3 aliphatic rings. The van der Waals surface area contributed by atoms with Crippen LogP contribution in [0.15, 0.2) is 271 Å². The summed E-state index contributed by atoms with van der Waals surface area (Å²) < 4.78 is 8.48. The molecular weight excluding hydrogens is 1080 g/mol. The first-order chi connectivity index (χ1) is 40.6. The molecule has 0 radical (unpaired) electrons. The van der Waals surface area contributed by atoms with E-state index in [-0.39, 0.29) is 18.3 Å². The van der Waals surface area contributed by atoms with E-state index in [0.717, 1.165) is 10.9 Å². The van der Waals surface area contributed by atoms with Crippen molar-refractivity contribution in [1.29, 1.82) is 0 Å². The summed E-state index contributed by atoms with van der Waals surface area (Å²) in [5, 5.41) is 7.88. The molecule has 0 N–H and O–H groups in total. The van der Waals surface area contributed by atoms with E-state index in [1.165, 1.54) is 149 Å². The Hall–Kier alpha value is -9.48. The van der Waals surface area contributed by atoms with Crippen molar-refractivity contribution in [2.75, 3.05) is 0 Å². The minimum absolute atomic E-state index is 0. The molecule has 84 heavy (non-hydrogen) atoms. The Morgan fingerprint density at radius 2 is 0.750 bits per heavy atom. The molecule has 404 valence electrons. The van der Waals surface area contributed by atoms with E-state index >= 15 is 0 Å². The Kier molecular flexibility index (Phi) is 12.0. The summed E-state index contributed by atoms with van der Waals surface area (Å²) in [6, 6.07) is 97.2. The minimum atomic E-state index is -0.0562. The maximum Gasteiger partial charge on any atom is 0.0641 e. The zero-order valence-electron chi connectivity index (χ0n) is 46.8. The van der Waals surface area contributed by atoms with Crippen molar-refractivity contribution in [2.24, 2.45) is 0 Å². The molecule has 18 rings (SSSR count). The summed E-state index contributed by atoms with van der Waals surface area (Å²) in [5.74, 6) is 0. The average Bonchev–Trinajstić information content (AvgIpc) is 2.11. The van der Waals surface area contributed by atoms with Gasteiger partial charge in [-0.25, -0.2) is 0 Å². The second-order valence-corrected chi connectivity index (χ2v) is 24.6. The number of fused-ring (bicyclic) bond motifs is 20. The largest absolute Gasteiger partial charge is 0.309 e. The van der Waals surface area contributed by atoms with Crippen LogP contribution in [0.1, 0.15) is 68.5 Å². The van der Waals surface area contributed by atoms with Gasteiger partial charge in [0.25, 0.3) is 0 Å². The number of para-hydroxylation sites is 5. The van der Waals surface area contributed by atoms with Crippen molar-refractivity contribution in [3.8, 4) is 50.4 Å². The Labute approximate surface area is 499 Å². The van der Waals surface area contributed by atoms with Crippen molar-refractivity contribution >= 4 is 81.3 Å². The Morgan fingerprint density at radius 3 is 1.37 bits per heavy atom. The topological polar surface area (TPSA) is 14.8 Å². The molecule has 0 bridgehead atoms. The Morgan fingerprint density at radius 1 is 0.310 bits per heavy atom. The summed E-state index contributed by atoms with van der Waals surface area (Å²) in [5.41, 5.74) is 28.0. The van der Waals surface area contributed by atoms with Crippen LogP contribution in [0.5, 0.6) is 0 Å². The highest BCUT2D eigenvalue weighted by Gasteiger charge is 2.37. The normalized spacial score (nSPS) is 13.6. The molecule has 0 fully saturated rings. The Bertz CT molecular complexity index is 5130. The smallest absolute Gasteiger partial charge is 0.0641 e. The Balaban J connectivity index is 0.000000119. The molecule has 3 heterocycles. The maximum atomic E-state index is 3.56. The maximum absolute atomic E-state index is 3.56. The fraction of sp³-hybridized carbons (Fsp3) is 0.100. The van der Waals surface area contributed by atoms with Crippen molar-refractivity contribution in [3.05, 3.63) is 305 Å². The summed E-state index contributed by atoms with van der Waals surface area (Å²) in [6.45, 7) is 9.31. The van der Waals surface area contributed by atoms with E-state index in [9.17, 15) is 0 Å². The lowest BCUT2D eigenvalue weighted by molar-refractivity contribution is 0.660. The third-order valence-electron chi connectivity index (χ3n) is 18.5. The van der Waals surface area contributed by atoms with Crippen molar-refractivity contribution in [2.45, 2.75) is 52.4 Å². The highest BCUT2D eigenvalue weighted by molar-refractivity contribution is 9.10. The van der Waals surface area contributed by atoms with E-state index in [1.807, 2.05) is 0 Å². The van der Waals surface area contributed by atoms with Gasteiger partial charge in [0.1, 0.15) is 0 Å². The molecule has 3 aliphatic carbocycles. The molecule has 0 unspecified atom stereocenters. The number of hydrogen-bond donors (Lipinski definition) is 0. The van der Waals surface area contributed by atoms with Crippen LogP contribution in [0, 0.1) is 0 Å². The lowest BCUT2D eigenvalue weighted by Gasteiger charge is -2.22. The second-order valence-electron chi connectivity index (χ2n) is 23.7. The predicted molar refractivity (Wildman–Crippen MR) is 360 cm³/mol. The van der Waals surface area contributed by atoms with Crippen LogP contribution >= 0.6 is 15.9 Å². The van der Waals surface area contributed by atoms with E-state index in [1.54, 1.807) is 0 Å². The molecular formula is C80H62BrN3. The SMILES string of the molecule is C.CC1(C)c2ccccc2-c2ccc(-n3c4ccccc4c4ccc5c(c6ccccc6n5-c5ccccc5)c43)cc21.CC1(C)c2ccccc2-c2ccc(Br)cc21.c1ccc(-n2c3ccccc3c3c4c(ccc32)-c2ccccc2C4)cc1. The van der Waals surface area contributed by atoms with Gasteiger partial charge in [-0.1, -0.05) is 239 Å². The van der Waals surface area contributed by atoms with Gasteiger partial charge in [0.05, 0.1) is 33.1 Å². The summed E-state index contributed by atoms with van der Waals surface area (Å²) in [4.78, 5) is 0. The standard InChI is InChI=1S/C39H28N2.C25H17N.C15H13Br.CH4/c1-39(2)32-17-9-6-14-27(32)28-21-20-26(24-33(28)39)41-34-18-10-7-15-29(34)30-22-23-36-37(38(30)41)31-16-8-11-19-35(31)40(36)25-12-4-3-5-13-25;1-2-9-18(10-3-1)26-23-13-7-6-12-21(23)25-22-16-17-8-4-5-11-19(17)20(22)14-15-24(25)26;1-15(2)13-6-4-3-5-11(13)12-8-7-10(16)9-14(12)15;/h3-24H,1-2H3;1-15H,16H2;3-9H,1-2H3;1H4. The van der Waals surface area contributed by atoms with Crippen LogP contribution < -0.4 is 0 Å². The summed E-state index contributed by atoms with van der Waals surface area (Å²) in [6.07, 6.45) is 1.02. The van der Waals surface area contributed by atoms with Crippen LogP contribution in [0.2, 0.25) is 0 Å². The molecule has 3 nitrogen and oxygen atoms in total. The fourth-order valence-corrected chi connectivity index (χ4v) is 15.1. The van der Waals surface area contributed by atoms with Gasteiger partial charge in [0.2, 0.25) is 0 Å². The van der Waals surface area contributed by atoms with Gasteiger partial charge >= 0.3 is 0 Å². The van der Waals surface area contributed by atoms with Crippen molar-refractivity contribution in [1.82, 2.24) is 13.7 Å². The van der Waals surface area contributed by atoms with Crippen LogP contribution in [-0.4, -0.2) is 13.7 Å². The van der Waals surface area contributed by atoms with Crippen LogP contribution in [-0.2, 0) is 17.3 Å². The van der Waals surface area contributed by atoms with E-state index in [4.69, 9.17) is 0 Å². The zero-order chi connectivity index (χ0) is 55.7. The minimum Gasteiger partial charge on any atom is -0.309 e. The fourth-order valence-electron chi connectivity index (χ4n) is 14.7. The number of halogens is 1. The summed E-state index contributed by atoms with van der Waals surface area (Å²) >= 11 is 3.56. The van der Waals surface area contributed by atoms with E-state index in [0.29, 0.717) is 0 Å². The third-order valence-corrected chi connectivity index (χ3v) is 19.0. The monoisotopic (exact) mass is 1140 g/mol. The molecule has 0 spiro atoms. The van der Waals surface area contributed by atoms with E-state index in [2.05, 4.69) is 324 Å². The highest BCUT2D eigenvalue weighted by Crippen LogP contribution is 2.52. The lowest BCUT2D eigenvalue weighted by atomic mass is 9.82. The molecule has 0 aliphatic heterocycles. The quantitative estimate of drug-likeness (QED) is 0.167. The molecule has 4 heteroatoms. The molecule has 0 atom stereocenters. The lowest BCUT2D eigenvalue weighted by Crippen LogP contribution is -2.15. The number of nitrogens with zero attached hydrogens (tertiary/aromatic N) is 3. The first-order valence-electron chi connectivity index (χ1n) is 29.0. The predicted octanol–water partition coefficient (Wildman–Crippen LogP) is 21.9. The number of rotatable bonds is 3. The highest BCUT2D eigenvalue weighted by atomic mass is 79.9. The van der Waals surface area contributed by atoms with Gasteiger partial charge < -0.3 is 13.7 Å². The van der Waals surface area contributed by atoms with Gasteiger partial charge in [0, 0.05) is 64.7 Å².